The van der Waals surface area contributed by atoms with Gasteiger partial charge in [-0.1, -0.05) is 0 Å². The molecule has 1 aromatic carbocycles. The molecule has 0 aliphatic carbocycles. The molecule has 0 saturated heterocycles. The van der Waals surface area contributed by atoms with E-state index in [1.165, 1.54) is 24.3 Å². The highest BCUT2D eigenvalue weighted by Gasteiger charge is 2.09. The molecule has 7 nitrogen and oxygen atoms in total. The number of anilines is 2. The Morgan fingerprint density at radius 1 is 1.29 bits per heavy atom. The van der Waals surface area contributed by atoms with Gasteiger partial charge in [-0.3, -0.25) is 15.4 Å². The van der Waals surface area contributed by atoms with E-state index < -0.39 is 11.0 Å². The Morgan fingerprint density at radius 2 is 1.95 bits per heavy atom. The van der Waals surface area contributed by atoms with E-state index in [9.17, 15) is 14.9 Å². The third kappa shape index (κ3) is 3.99. The molecule has 2 aromatic rings. The maximum Gasteiger partial charge on any atom is 0.324 e. The molecule has 0 aliphatic rings. The summed E-state index contributed by atoms with van der Waals surface area (Å²) in [5, 5.41) is 15.7. The number of amides is 2. The number of carbonyl (C=O) groups is 1. The largest absolute Gasteiger partial charge is 0.324 e. The van der Waals surface area contributed by atoms with Crippen molar-refractivity contribution >= 4 is 39.2 Å². The Labute approximate surface area is 128 Å². The Balaban J connectivity index is 2.02. The lowest BCUT2D eigenvalue weighted by Gasteiger charge is -2.08. The first-order valence-electron chi connectivity index (χ1n) is 5.90. The number of aromatic nitrogens is 1. The molecule has 1 aromatic heterocycles. The molecule has 21 heavy (non-hydrogen) atoms. The molecule has 0 aliphatic heterocycles. The van der Waals surface area contributed by atoms with E-state index in [0.29, 0.717) is 16.0 Å². The maximum absolute atomic E-state index is 11.8. The Bertz CT molecular complexity index is 688. The highest BCUT2D eigenvalue weighted by molar-refractivity contribution is 9.10. The number of urea groups is 1. The molecule has 0 unspecified atom stereocenters. The van der Waals surface area contributed by atoms with Gasteiger partial charge in [0, 0.05) is 24.0 Å². The fraction of sp³-hybridized carbons (Fsp3) is 0.0769. The molecule has 2 rings (SSSR count). The van der Waals surface area contributed by atoms with Gasteiger partial charge in [-0.15, -0.1) is 0 Å². The number of carbonyl (C=O) groups excluding carboxylic acids is 1. The van der Waals surface area contributed by atoms with Gasteiger partial charge in [0.05, 0.1) is 9.40 Å². The monoisotopic (exact) mass is 350 g/mol. The fourth-order valence-corrected chi connectivity index (χ4v) is 2.12. The summed E-state index contributed by atoms with van der Waals surface area (Å²) in [6.45, 7) is 1.89. The molecule has 8 heteroatoms. The predicted molar refractivity (Wildman–Crippen MR) is 82.4 cm³/mol. The number of pyridine rings is 1. The first kappa shape index (κ1) is 14.9. The van der Waals surface area contributed by atoms with Crippen LogP contribution in [-0.2, 0) is 0 Å². The number of rotatable bonds is 3. The SMILES string of the molecule is Cc1cnc(NC(=O)Nc2ccc([N+](=O)[O-])cc2)c(Br)c1. The van der Waals surface area contributed by atoms with Crippen molar-refractivity contribution in [3.63, 3.8) is 0 Å². The van der Waals surface area contributed by atoms with Gasteiger partial charge in [0.15, 0.2) is 0 Å². The van der Waals surface area contributed by atoms with Gasteiger partial charge in [0.25, 0.3) is 5.69 Å². The quantitative estimate of drug-likeness (QED) is 0.651. The summed E-state index contributed by atoms with van der Waals surface area (Å²) in [5.41, 5.74) is 1.37. The smallest absolute Gasteiger partial charge is 0.308 e. The summed E-state index contributed by atoms with van der Waals surface area (Å²) in [6.07, 6.45) is 1.63. The number of hydrogen-bond donors (Lipinski definition) is 2. The van der Waals surface area contributed by atoms with Crippen molar-refractivity contribution in [2.75, 3.05) is 10.6 Å². The van der Waals surface area contributed by atoms with Gasteiger partial charge in [-0.25, -0.2) is 9.78 Å². The van der Waals surface area contributed by atoms with Crippen LogP contribution in [-0.4, -0.2) is 15.9 Å². The molecule has 2 amide bonds. The standard InChI is InChI=1S/C13H11BrN4O3/c1-8-6-11(14)12(15-7-8)17-13(19)16-9-2-4-10(5-3-9)18(20)21/h2-7H,1H3,(H2,15,16,17,19). The van der Waals surface area contributed by atoms with Crippen LogP contribution < -0.4 is 10.6 Å². The van der Waals surface area contributed by atoms with Gasteiger partial charge in [-0.2, -0.15) is 0 Å². The van der Waals surface area contributed by atoms with Gasteiger partial charge < -0.3 is 5.32 Å². The van der Waals surface area contributed by atoms with Crippen LogP contribution in [0, 0.1) is 17.0 Å². The zero-order valence-corrected chi connectivity index (χ0v) is 12.5. The summed E-state index contributed by atoms with van der Waals surface area (Å²) in [7, 11) is 0. The van der Waals surface area contributed by atoms with Crippen molar-refractivity contribution < 1.29 is 9.72 Å². The summed E-state index contributed by atoms with van der Waals surface area (Å²) in [5.74, 6) is 0.389. The summed E-state index contributed by atoms with van der Waals surface area (Å²) >= 11 is 3.31. The highest BCUT2D eigenvalue weighted by atomic mass is 79.9. The number of nitrogens with one attached hydrogen (secondary N) is 2. The molecule has 0 atom stereocenters. The summed E-state index contributed by atoms with van der Waals surface area (Å²) in [4.78, 5) is 25.9. The first-order valence-corrected chi connectivity index (χ1v) is 6.69. The zero-order valence-electron chi connectivity index (χ0n) is 11.0. The van der Waals surface area contributed by atoms with E-state index >= 15 is 0 Å². The minimum absolute atomic E-state index is 0.0381. The van der Waals surface area contributed by atoms with Crippen molar-refractivity contribution in [1.82, 2.24) is 4.98 Å². The second kappa shape index (κ2) is 6.31. The average Bonchev–Trinajstić information content (AvgIpc) is 2.42. The van der Waals surface area contributed by atoms with E-state index in [2.05, 4.69) is 31.5 Å². The van der Waals surface area contributed by atoms with E-state index in [1.807, 2.05) is 13.0 Å². The van der Waals surface area contributed by atoms with Gasteiger partial charge >= 0.3 is 6.03 Å². The number of nitro benzene ring substituents is 1. The maximum atomic E-state index is 11.8. The van der Waals surface area contributed by atoms with Crippen molar-refractivity contribution in [2.24, 2.45) is 0 Å². The van der Waals surface area contributed by atoms with Crippen molar-refractivity contribution in [3.8, 4) is 0 Å². The lowest BCUT2D eigenvalue weighted by molar-refractivity contribution is -0.384. The van der Waals surface area contributed by atoms with Crippen LogP contribution in [0.1, 0.15) is 5.56 Å². The summed E-state index contributed by atoms with van der Waals surface area (Å²) in [6, 6.07) is 6.88. The number of nitrogens with zero attached hydrogens (tertiary/aromatic N) is 2. The van der Waals surface area contributed by atoms with Crippen molar-refractivity contribution in [2.45, 2.75) is 6.92 Å². The van der Waals surface area contributed by atoms with Crippen LogP contribution in [0.15, 0.2) is 41.0 Å². The van der Waals surface area contributed by atoms with E-state index in [1.54, 1.807) is 6.20 Å². The molecule has 1 heterocycles. The molecule has 0 radical (unpaired) electrons. The Hall–Kier alpha value is -2.48. The molecular formula is C13H11BrN4O3. The number of non-ortho nitro benzene ring substituents is 1. The van der Waals surface area contributed by atoms with E-state index in [4.69, 9.17) is 0 Å². The second-order valence-electron chi connectivity index (χ2n) is 4.23. The number of nitro groups is 1. The van der Waals surface area contributed by atoms with Crippen LogP contribution in [0.4, 0.5) is 22.0 Å². The third-order valence-corrected chi connectivity index (χ3v) is 3.15. The van der Waals surface area contributed by atoms with Crippen molar-refractivity contribution in [3.05, 3.63) is 56.7 Å². The van der Waals surface area contributed by atoms with E-state index in [-0.39, 0.29) is 5.69 Å². The average molecular weight is 351 g/mol. The molecule has 0 fully saturated rings. The van der Waals surface area contributed by atoms with Gasteiger partial charge in [0.1, 0.15) is 5.82 Å². The van der Waals surface area contributed by atoms with E-state index in [0.717, 1.165) is 5.56 Å². The van der Waals surface area contributed by atoms with Crippen LogP contribution in [0.25, 0.3) is 0 Å². The van der Waals surface area contributed by atoms with Crippen LogP contribution >= 0.6 is 15.9 Å². The molecule has 0 saturated carbocycles. The highest BCUT2D eigenvalue weighted by Crippen LogP contribution is 2.21. The topological polar surface area (TPSA) is 97.2 Å². The Morgan fingerprint density at radius 3 is 2.52 bits per heavy atom. The normalized spacial score (nSPS) is 10.0. The van der Waals surface area contributed by atoms with Crippen LogP contribution in [0.3, 0.4) is 0 Å². The number of hydrogen-bond acceptors (Lipinski definition) is 4. The molecular weight excluding hydrogens is 340 g/mol. The van der Waals surface area contributed by atoms with Crippen molar-refractivity contribution in [1.29, 1.82) is 0 Å². The van der Waals surface area contributed by atoms with Gasteiger partial charge in [0.2, 0.25) is 0 Å². The van der Waals surface area contributed by atoms with Crippen LogP contribution in [0.2, 0.25) is 0 Å². The molecule has 0 bridgehead atoms. The second-order valence-corrected chi connectivity index (χ2v) is 5.08. The Kier molecular flexibility index (Phi) is 4.49. The molecule has 2 N–H and O–H groups in total. The minimum atomic E-state index is -0.503. The fourth-order valence-electron chi connectivity index (χ4n) is 1.56. The number of halogens is 1. The number of benzene rings is 1. The lowest BCUT2D eigenvalue weighted by Crippen LogP contribution is -2.20. The third-order valence-electron chi connectivity index (χ3n) is 2.55. The number of aryl methyl sites for hydroxylation is 1. The predicted octanol–water partition coefficient (Wildman–Crippen LogP) is 3.70. The minimum Gasteiger partial charge on any atom is -0.308 e. The molecule has 108 valence electrons. The molecule has 0 spiro atoms. The van der Waals surface area contributed by atoms with Gasteiger partial charge in [-0.05, 0) is 46.6 Å². The first-order chi connectivity index (χ1) is 9.95. The van der Waals surface area contributed by atoms with Crippen LogP contribution in [0.5, 0.6) is 0 Å². The lowest BCUT2D eigenvalue weighted by atomic mass is 10.3. The zero-order chi connectivity index (χ0) is 15.4. The summed E-state index contributed by atoms with van der Waals surface area (Å²) < 4.78 is 0.668.